The van der Waals surface area contributed by atoms with E-state index >= 15 is 0 Å². The minimum atomic E-state index is -0.593. The van der Waals surface area contributed by atoms with E-state index in [2.05, 4.69) is 4.99 Å². The Kier molecular flexibility index (Phi) is 5.07. The van der Waals surface area contributed by atoms with Crippen molar-refractivity contribution in [3.8, 4) is 0 Å². The van der Waals surface area contributed by atoms with Crippen molar-refractivity contribution in [2.45, 2.75) is 26.8 Å². The van der Waals surface area contributed by atoms with Gasteiger partial charge in [-0.3, -0.25) is 9.36 Å². The molecule has 1 aromatic carbocycles. The highest BCUT2D eigenvalue weighted by atomic mass is 32.1. The topological polar surface area (TPSA) is 73.8 Å². The molecule has 0 amide bonds. The number of allylic oxidation sites excluding steroid dienone is 1. The van der Waals surface area contributed by atoms with Crippen molar-refractivity contribution >= 4 is 23.4 Å². The third kappa shape index (κ3) is 3.49. The number of carbonyl (C=O) groups is 1. The van der Waals surface area contributed by atoms with Gasteiger partial charge in [0.1, 0.15) is 5.76 Å². The Balaban J connectivity index is 1.97. The van der Waals surface area contributed by atoms with E-state index in [1.165, 1.54) is 11.3 Å². The van der Waals surface area contributed by atoms with Crippen molar-refractivity contribution in [3.05, 3.63) is 90.5 Å². The molecule has 29 heavy (non-hydrogen) atoms. The minimum absolute atomic E-state index is 0.218. The number of rotatable bonds is 4. The van der Waals surface area contributed by atoms with E-state index < -0.39 is 12.0 Å². The van der Waals surface area contributed by atoms with Crippen LogP contribution in [0.4, 0.5) is 0 Å². The molecule has 2 aromatic heterocycles. The lowest BCUT2D eigenvalue weighted by atomic mass is 9.95. The molecular weight excluding hydrogens is 388 g/mol. The number of carbonyl (C=O) groups excluding carboxylic acids is 1. The predicted molar refractivity (Wildman–Crippen MR) is 110 cm³/mol. The molecule has 0 radical (unpaired) electrons. The van der Waals surface area contributed by atoms with Gasteiger partial charge in [-0.2, -0.15) is 0 Å². The van der Waals surface area contributed by atoms with Crippen LogP contribution in [0.2, 0.25) is 0 Å². The number of fused-ring (bicyclic) bond motifs is 1. The number of esters is 1. The number of thiazole rings is 1. The summed E-state index contributed by atoms with van der Waals surface area (Å²) in [7, 11) is 0. The van der Waals surface area contributed by atoms with E-state index in [-0.39, 0.29) is 12.2 Å². The van der Waals surface area contributed by atoms with Crippen molar-refractivity contribution in [2.24, 2.45) is 4.99 Å². The predicted octanol–water partition coefficient (Wildman–Crippen LogP) is 2.70. The van der Waals surface area contributed by atoms with Crippen molar-refractivity contribution in [3.63, 3.8) is 0 Å². The molecule has 4 rings (SSSR count). The molecule has 1 aliphatic heterocycles. The highest BCUT2D eigenvalue weighted by Crippen LogP contribution is 2.30. The summed E-state index contributed by atoms with van der Waals surface area (Å²) in [6.07, 6.45) is 3.25. The fourth-order valence-electron chi connectivity index (χ4n) is 3.36. The van der Waals surface area contributed by atoms with E-state index in [1.807, 2.05) is 31.2 Å². The number of furan rings is 1. The first-order valence-corrected chi connectivity index (χ1v) is 10.1. The summed E-state index contributed by atoms with van der Waals surface area (Å²) in [5, 5.41) is 0. The fraction of sp³-hybridized carbons (Fsp3) is 0.227. The van der Waals surface area contributed by atoms with Gasteiger partial charge in [0, 0.05) is 6.08 Å². The molecule has 0 fully saturated rings. The van der Waals surface area contributed by atoms with Gasteiger partial charge in [-0.1, -0.05) is 41.2 Å². The Morgan fingerprint density at radius 3 is 2.69 bits per heavy atom. The molecule has 7 heteroatoms. The van der Waals surface area contributed by atoms with Crippen LogP contribution in [0.25, 0.3) is 6.08 Å². The molecule has 0 aliphatic carbocycles. The summed E-state index contributed by atoms with van der Waals surface area (Å²) < 4.78 is 12.7. The quantitative estimate of drug-likeness (QED) is 0.622. The van der Waals surface area contributed by atoms with Gasteiger partial charge < -0.3 is 9.15 Å². The number of hydrogen-bond donors (Lipinski definition) is 0. The molecule has 0 saturated heterocycles. The first-order chi connectivity index (χ1) is 14.0. The lowest BCUT2D eigenvalue weighted by Crippen LogP contribution is -2.39. The monoisotopic (exact) mass is 408 g/mol. The molecule has 1 aliphatic rings. The zero-order valence-electron chi connectivity index (χ0n) is 16.3. The van der Waals surface area contributed by atoms with Crippen LogP contribution in [0.15, 0.2) is 68.1 Å². The average Bonchev–Trinajstić information content (AvgIpc) is 3.30. The van der Waals surface area contributed by atoms with Crippen LogP contribution in [0.3, 0.4) is 0 Å². The lowest BCUT2D eigenvalue weighted by molar-refractivity contribution is -0.139. The second-order valence-electron chi connectivity index (χ2n) is 6.73. The Morgan fingerprint density at radius 1 is 1.28 bits per heavy atom. The second kappa shape index (κ2) is 7.67. The van der Waals surface area contributed by atoms with Gasteiger partial charge in [0.15, 0.2) is 4.80 Å². The molecule has 148 valence electrons. The van der Waals surface area contributed by atoms with Crippen molar-refractivity contribution < 1.29 is 13.9 Å². The molecular formula is C22H20N2O4S. The van der Waals surface area contributed by atoms with Gasteiger partial charge >= 0.3 is 5.97 Å². The maximum atomic E-state index is 13.3. The number of hydrogen-bond acceptors (Lipinski definition) is 6. The SMILES string of the molecule is CCOC(=O)C1=C(C)N=c2s/c(=C/c3ccco3)c(=O)n2C1c1ccc(C)cc1. The molecule has 0 bridgehead atoms. The highest BCUT2D eigenvalue weighted by Gasteiger charge is 2.33. The normalized spacial score (nSPS) is 16.5. The van der Waals surface area contributed by atoms with Crippen LogP contribution in [0.5, 0.6) is 0 Å². The Bertz CT molecular complexity index is 1260. The first kappa shape index (κ1) is 19.1. The van der Waals surface area contributed by atoms with Crippen LogP contribution in [-0.4, -0.2) is 17.1 Å². The van der Waals surface area contributed by atoms with Gasteiger partial charge in [-0.15, -0.1) is 0 Å². The van der Waals surface area contributed by atoms with Crippen LogP contribution in [0.1, 0.15) is 36.8 Å². The Morgan fingerprint density at radius 2 is 2.03 bits per heavy atom. The minimum Gasteiger partial charge on any atom is -0.465 e. The van der Waals surface area contributed by atoms with Gasteiger partial charge in [-0.05, 0) is 38.5 Å². The van der Waals surface area contributed by atoms with E-state index in [0.717, 1.165) is 11.1 Å². The van der Waals surface area contributed by atoms with E-state index in [9.17, 15) is 9.59 Å². The van der Waals surface area contributed by atoms with Crippen LogP contribution in [-0.2, 0) is 9.53 Å². The first-order valence-electron chi connectivity index (χ1n) is 9.29. The van der Waals surface area contributed by atoms with Gasteiger partial charge in [0.2, 0.25) is 0 Å². The number of ether oxygens (including phenoxy) is 1. The molecule has 1 unspecified atom stereocenters. The number of aryl methyl sites for hydroxylation is 1. The Hall–Kier alpha value is -3.19. The standard InChI is InChI=1S/C22H20N2O4S/c1-4-27-21(26)18-14(3)23-22-24(19(18)15-9-7-13(2)8-10-15)20(25)17(29-22)12-16-6-5-11-28-16/h5-12,19H,4H2,1-3H3/b17-12+. The fourth-order valence-corrected chi connectivity index (χ4v) is 4.38. The van der Waals surface area contributed by atoms with Crippen LogP contribution in [0, 0.1) is 6.92 Å². The zero-order chi connectivity index (χ0) is 20.5. The largest absolute Gasteiger partial charge is 0.465 e. The van der Waals surface area contributed by atoms with E-state index in [1.54, 1.807) is 42.9 Å². The van der Waals surface area contributed by atoms with Crippen molar-refractivity contribution in [2.75, 3.05) is 6.61 Å². The van der Waals surface area contributed by atoms with E-state index in [0.29, 0.717) is 26.4 Å². The van der Waals surface area contributed by atoms with Crippen LogP contribution >= 0.6 is 11.3 Å². The number of nitrogens with zero attached hydrogens (tertiary/aromatic N) is 2. The summed E-state index contributed by atoms with van der Waals surface area (Å²) in [5.41, 5.74) is 2.65. The molecule has 3 heterocycles. The average molecular weight is 408 g/mol. The third-order valence-electron chi connectivity index (χ3n) is 4.73. The molecule has 0 saturated carbocycles. The number of benzene rings is 1. The summed E-state index contributed by atoms with van der Waals surface area (Å²) in [4.78, 5) is 31.1. The third-order valence-corrected chi connectivity index (χ3v) is 5.71. The van der Waals surface area contributed by atoms with Gasteiger partial charge in [-0.25, -0.2) is 9.79 Å². The van der Waals surface area contributed by atoms with Crippen LogP contribution < -0.4 is 14.9 Å². The summed E-state index contributed by atoms with van der Waals surface area (Å²) >= 11 is 1.27. The van der Waals surface area contributed by atoms with Gasteiger partial charge in [0.05, 0.1) is 34.7 Å². The maximum Gasteiger partial charge on any atom is 0.338 e. The Labute approximate surface area is 171 Å². The molecule has 0 spiro atoms. The molecule has 6 nitrogen and oxygen atoms in total. The van der Waals surface area contributed by atoms with Crippen molar-refractivity contribution in [1.29, 1.82) is 0 Å². The highest BCUT2D eigenvalue weighted by molar-refractivity contribution is 7.07. The van der Waals surface area contributed by atoms with Gasteiger partial charge in [0.25, 0.3) is 5.56 Å². The summed E-state index contributed by atoms with van der Waals surface area (Å²) in [5.74, 6) is 0.128. The smallest absolute Gasteiger partial charge is 0.338 e. The molecule has 3 aromatic rings. The zero-order valence-corrected chi connectivity index (χ0v) is 17.2. The van der Waals surface area contributed by atoms with Crippen molar-refractivity contribution in [1.82, 2.24) is 4.57 Å². The second-order valence-corrected chi connectivity index (χ2v) is 7.74. The maximum absolute atomic E-state index is 13.3. The summed E-state index contributed by atoms with van der Waals surface area (Å²) in [6.45, 7) is 5.77. The molecule has 1 atom stereocenters. The van der Waals surface area contributed by atoms with E-state index in [4.69, 9.17) is 9.15 Å². The summed E-state index contributed by atoms with van der Waals surface area (Å²) in [6, 6.07) is 10.7. The number of aromatic nitrogens is 1. The molecule has 0 N–H and O–H groups in total. The lowest BCUT2D eigenvalue weighted by Gasteiger charge is -2.24.